The number of fused-ring (bicyclic) bond motifs is 1. The maximum atomic E-state index is 11.9. The average Bonchev–Trinajstić information content (AvgIpc) is 2.38. The summed E-state index contributed by atoms with van der Waals surface area (Å²) >= 11 is 0. The molecule has 1 N–H and O–H groups in total. The zero-order valence-electron chi connectivity index (χ0n) is 9.96. The third kappa shape index (κ3) is 2.95. The summed E-state index contributed by atoms with van der Waals surface area (Å²) in [5.74, 6) is 2.76. The molecule has 0 atom stereocenters. The van der Waals surface area contributed by atoms with Crippen molar-refractivity contribution in [3.63, 3.8) is 0 Å². The van der Waals surface area contributed by atoms with Crippen molar-refractivity contribution >= 4 is 5.78 Å². The Morgan fingerprint density at radius 1 is 1.41 bits per heavy atom. The van der Waals surface area contributed by atoms with Gasteiger partial charge < -0.3 is 5.32 Å². The maximum Gasteiger partial charge on any atom is 0.162 e. The van der Waals surface area contributed by atoms with Crippen molar-refractivity contribution in [2.75, 3.05) is 6.54 Å². The van der Waals surface area contributed by atoms with Crippen LogP contribution in [-0.2, 0) is 13.0 Å². The largest absolute Gasteiger partial charge is 0.312 e. The predicted octanol–water partition coefficient (Wildman–Crippen LogP) is 2.32. The van der Waals surface area contributed by atoms with E-state index in [9.17, 15) is 4.79 Å². The molecule has 0 amide bonds. The smallest absolute Gasteiger partial charge is 0.162 e. The SMILES string of the molecule is C#CCCCC(=O)c1ccc2c(c1)CNCC2. The number of unbranched alkanes of at least 4 members (excludes halogenated alkanes) is 1. The number of benzene rings is 1. The minimum Gasteiger partial charge on any atom is -0.312 e. The molecule has 0 saturated carbocycles. The number of carbonyl (C=O) groups is 1. The molecule has 1 aromatic rings. The summed E-state index contributed by atoms with van der Waals surface area (Å²) in [6.45, 7) is 1.91. The Bertz CT molecular complexity index is 456. The second-order valence-corrected chi connectivity index (χ2v) is 4.39. The highest BCUT2D eigenvalue weighted by atomic mass is 16.1. The monoisotopic (exact) mass is 227 g/mol. The van der Waals surface area contributed by atoms with Crippen LogP contribution in [0, 0.1) is 12.3 Å². The van der Waals surface area contributed by atoms with Crippen molar-refractivity contribution in [1.82, 2.24) is 5.32 Å². The van der Waals surface area contributed by atoms with Gasteiger partial charge in [-0.1, -0.05) is 12.1 Å². The Morgan fingerprint density at radius 3 is 3.12 bits per heavy atom. The number of carbonyl (C=O) groups excluding carboxylic acids is 1. The second-order valence-electron chi connectivity index (χ2n) is 4.39. The van der Waals surface area contributed by atoms with Gasteiger partial charge in [-0.05, 0) is 36.6 Å². The van der Waals surface area contributed by atoms with E-state index >= 15 is 0 Å². The molecule has 1 heterocycles. The number of ketones is 1. The van der Waals surface area contributed by atoms with Crippen molar-refractivity contribution in [2.24, 2.45) is 0 Å². The van der Waals surface area contributed by atoms with Crippen LogP contribution in [0.15, 0.2) is 18.2 Å². The van der Waals surface area contributed by atoms with E-state index in [1.165, 1.54) is 11.1 Å². The highest BCUT2D eigenvalue weighted by Gasteiger charge is 2.12. The van der Waals surface area contributed by atoms with Crippen molar-refractivity contribution in [3.8, 4) is 12.3 Å². The number of Topliss-reactive ketones (excluding diaryl/α,β-unsaturated/α-hetero) is 1. The molecular weight excluding hydrogens is 210 g/mol. The third-order valence-corrected chi connectivity index (χ3v) is 3.14. The van der Waals surface area contributed by atoms with Crippen LogP contribution in [0.1, 0.15) is 40.7 Å². The molecule has 2 nitrogen and oxygen atoms in total. The molecule has 0 spiro atoms. The van der Waals surface area contributed by atoms with Gasteiger partial charge in [0.1, 0.15) is 0 Å². The van der Waals surface area contributed by atoms with Gasteiger partial charge in [0.05, 0.1) is 0 Å². The number of terminal acetylenes is 1. The zero-order valence-corrected chi connectivity index (χ0v) is 9.96. The lowest BCUT2D eigenvalue weighted by atomic mass is 9.96. The summed E-state index contributed by atoms with van der Waals surface area (Å²) in [6, 6.07) is 6.06. The fraction of sp³-hybridized carbons (Fsp3) is 0.400. The molecule has 1 aromatic carbocycles. The molecule has 2 heteroatoms. The van der Waals surface area contributed by atoms with Crippen LogP contribution < -0.4 is 5.32 Å². The molecule has 0 unspecified atom stereocenters. The Morgan fingerprint density at radius 2 is 2.29 bits per heavy atom. The van der Waals surface area contributed by atoms with Gasteiger partial charge in [0, 0.05) is 24.9 Å². The molecule has 0 aliphatic carbocycles. The molecule has 0 aromatic heterocycles. The molecule has 17 heavy (non-hydrogen) atoms. The van der Waals surface area contributed by atoms with E-state index in [0.717, 1.165) is 31.5 Å². The maximum absolute atomic E-state index is 11.9. The molecule has 1 aliphatic heterocycles. The number of hydrogen-bond acceptors (Lipinski definition) is 2. The third-order valence-electron chi connectivity index (χ3n) is 3.14. The first-order chi connectivity index (χ1) is 8.31. The fourth-order valence-corrected chi connectivity index (χ4v) is 2.15. The van der Waals surface area contributed by atoms with Gasteiger partial charge >= 0.3 is 0 Å². The van der Waals surface area contributed by atoms with Gasteiger partial charge in [0.2, 0.25) is 0 Å². The van der Waals surface area contributed by atoms with Crippen LogP contribution in [0.5, 0.6) is 0 Å². The Hall–Kier alpha value is -1.59. The summed E-state index contributed by atoms with van der Waals surface area (Å²) < 4.78 is 0. The summed E-state index contributed by atoms with van der Waals surface area (Å²) in [7, 11) is 0. The van der Waals surface area contributed by atoms with Gasteiger partial charge in [-0.2, -0.15) is 0 Å². The molecule has 1 aliphatic rings. The van der Waals surface area contributed by atoms with Crippen LogP contribution in [0.2, 0.25) is 0 Å². The highest BCUT2D eigenvalue weighted by molar-refractivity contribution is 5.96. The first kappa shape index (κ1) is 11.9. The lowest BCUT2D eigenvalue weighted by Gasteiger charge is -2.17. The lowest BCUT2D eigenvalue weighted by Crippen LogP contribution is -2.23. The lowest BCUT2D eigenvalue weighted by molar-refractivity contribution is 0.0980. The van der Waals surface area contributed by atoms with E-state index in [2.05, 4.69) is 17.3 Å². The van der Waals surface area contributed by atoms with E-state index in [1.807, 2.05) is 12.1 Å². The molecule has 88 valence electrons. The first-order valence-electron chi connectivity index (χ1n) is 6.10. The van der Waals surface area contributed by atoms with Crippen LogP contribution >= 0.6 is 0 Å². The fourth-order valence-electron chi connectivity index (χ4n) is 2.15. The molecule has 0 bridgehead atoms. The molecule has 0 radical (unpaired) electrons. The number of nitrogens with one attached hydrogen (secondary N) is 1. The normalized spacial score (nSPS) is 13.8. The van der Waals surface area contributed by atoms with Gasteiger partial charge in [-0.3, -0.25) is 4.79 Å². The van der Waals surface area contributed by atoms with E-state index in [-0.39, 0.29) is 5.78 Å². The Labute approximate surface area is 102 Å². The van der Waals surface area contributed by atoms with Crippen molar-refractivity contribution < 1.29 is 4.79 Å². The molecule has 2 rings (SSSR count). The number of rotatable bonds is 4. The molecule has 0 fully saturated rings. The van der Waals surface area contributed by atoms with E-state index in [0.29, 0.717) is 12.8 Å². The summed E-state index contributed by atoms with van der Waals surface area (Å²) in [5, 5.41) is 3.32. The van der Waals surface area contributed by atoms with Gasteiger partial charge in [-0.15, -0.1) is 12.3 Å². The minimum absolute atomic E-state index is 0.202. The van der Waals surface area contributed by atoms with Crippen LogP contribution in [-0.4, -0.2) is 12.3 Å². The Balaban J connectivity index is 2.06. The van der Waals surface area contributed by atoms with Gasteiger partial charge in [0.15, 0.2) is 5.78 Å². The van der Waals surface area contributed by atoms with E-state index in [1.54, 1.807) is 0 Å². The molecular formula is C15H17NO. The summed E-state index contributed by atoms with van der Waals surface area (Å²) in [4.78, 5) is 11.9. The van der Waals surface area contributed by atoms with Crippen LogP contribution in [0.4, 0.5) is 0 Å². The Kier molecular flexibility index (Phi) is 3.95. The standard InChI is InChI=1S/C15H17NO/c1-2-3-4-5-15(17)13-7-6-12-8-9-16-11-14(12)10-13/h1,6-7,10,16H,3-5,8-9,11H2. The van der Waals surface area contributed by atoms with Gasteiger partial charge in [-0.25, -0.2) is 0 Å². The quantitative estimate of drug-likeness (QED) is 0.486. The van der Waals surface area contributed by atoms with Crippen LogP contribution in [0.25, 0.3) is 0 Å². The van der Waals surface area contributed by atoms with Crippen molar-refractivity contribution in [3.05, 3.63) is 34.9 Å². The van der Waals surface area contributed by atoms with Gasteiger partial charge in [0.25, 0.3) is 0 Å². The van der Waals surface area contributed by atoms with Crippen molar-refractivity contribution in [2.45, 2.75) is 32.2 Å². The average molecular weight is 227 g/mol. The van der Waals surface area contributed by atoms with E-state index in [4.69, 9.17) is 6.42 Å². The predicted molar refractivity (Wildman–Crippen MR) is 68.9 cm³/mol. The highest BCUT2D eigenvalue weighted by Crippen LogP contribution is 2.17. The van der Waals surface area contributed by atoms with Crippen molar-refractivity contribution in [1.29, 1.82) is 0 Å². The molecule has 0 saturated heterocycles. The first-order valence-corrected chi connectivity index (χ1v) is 6.10. The zero-order chi connectivity index (χ0) is 12.1. The second kappa shape index (κ2) is 5.65. The topological polar surface area (TPSA) is 29.1 Å². The minimum atomic E-state index is 0.202. The number of hydrogen-bond donors (Lipinski definition) is 1. The van der Waals surface area contributed by atoms with E-state index < -0.39 is 0 Å². The summed E-state index contributed by atoms with van der Waals surface area (Å²) in [6.07, 6.45) is 8.24. The van der Waals surface area contributed by atoms with Crippen LogP contribution in [0.3, 0.4) is 0 Å². The summed E-state index contributed by atoms with van der Waals surface area (Å²) in [5.41, 5.74) is 3.45.